The Kier molecular flexibility index (Phi) is 4.25. The molecule has 0 aliphatic rings. The van der Waals surface area contributed by atoms with Gasteiger partial charge in [0.1, 0.15) is 29.3 Å². The van der Waals surface area contributed by atoms with Crippen molar-refractivity contribution in [3.8, 4) is 0 Å². The van der Waals surface area contributed by atoms with Gasteiger partial charge in [-0.1, -0.05) is 17.7 Å². The van der Waals surface area contributed by atoms with Gasteiger partial charge in [-0.3, -0.25) is 0 Å². The first kappa shape index (κ1) is 15.4. The summed E-state index contributed by atoms with van der Waals surface area (Å²) < 4.78 is 26.8. The fourth-order valence-corrected chi connectivity index (χ4v) is 2.40. The monoisotopic (exact) mass is 334 g/mol. The number of nitrogens with zero attached hydrogens (tertiary/aromatic N) is 2. The first-order valence-corrected chi connectivity index (χ1v) is 7.26. The van der Waals surface area contributed by atoms with Crippen molar-refractivity contribution < 1.29 is 8.78 Å². The van der Waals surface area contributed by atoms with Crippen molar-refractivity contribution in [2.75, 3.05) is 5.32 Å². The number of pyridine rings is 1. The van der Waals surface area contributed by atoms with Crippen LogP contribution in [0.15, 0.2) is 42.7 Å². The number of H-pyrrole nitrogens is 1. The number of aromatic nitrogens is 3. The summed E-state index contributed by atoms with van der Waals surface area (Å²) >= 11 is 5.87. The molecule has 1 atom stereocenters. The minimum Gasteiger partial charge on any atom is -0.356 e. The van der Waals surface area contributed by atoms with Gasteiger partial charge in [-0.2, -0.15) is 0 Å². The van der Waals surface area contributed by atoms with Gasteiger partial charge in [0.25, 0.3) is 0 Å². The van der Waals surface area contributed by atoms with Gasteiger partial charge >= 0.3 is 0 Å². The lowest BCUT2D eigenvalue weighted by atomic mass is 10.1. The summed E-state index contributed by atoms with van der Waals surface area (Å²) in [7, 11) is 0. The molecule has 1 aromatic carbocycles. The highest BCUT2D eigenvalue weighted by molar-refractivity contribution is 6.30. The molecule has 0 saturated heterocycles. The largest absolute Gasteiger partial charge is 0.356 e. The van der Waals surface area contributed by atoms with Crippen molar-refractivity contribution in [2.45, 2.75) is 13.0 Å². The fraction of sp³-hybridized carbons (Fsp3) is 0.125. The summed E-state index contributed by atoms with van der Waals surface area (Å²) in [6.45, 7) is 1.58. The van der Waals surface area contributed by atoms with Crippen molar-refractivity contribution in [1.82, 2.24) is 15.0 Å². The molecule has 0 saturated carbocycles. The van der Waals surface area contributed by atoms with E-state index in [4.69, 9.17) is 11.6 Å². The molecule has 7 heteroatoms. The molecule has 2 N–H and O–H groups in total. The van der Waals surface area contributed by atoms with Crippen molar-refractivity contribution in [3.63, 3.8) is 0 Å². The highest BCUT2D eigenvalue weighted by atomic mass is 35.5. The zero-order valence-electron chi connectivity index (χ0n) is 12.1. The molecule has 23 heavy (non-hydrogen) atoms. The Bertz CT molecular complexity index is 821. The highest BCUT2D eigenvalue weighted by Crippen LogP contribution is 2.27. The van der Waals surface area contributed by atoms with Gasteiger partial charge in [0.15, 0.2) is 0 Å². The number of benzene rings is 1. The van der Waals surface area contributed by atoms with E-state index in [0.29, 0.717) is 17.2 Å². The number of aryl methyl sites for hydroxylation is 1. The number of hydrogen-bond acceptors (Lipinski definition) is 3. The lowest BCUT2D eigenvalue weighted by Gasteiger charge is -2.18. The zero-order valence-corrected chi connectivity index (χ0v) is 12.9. The summed E-state index contributed by atoms with van der Waals surface area (Å²) in [6, 6.07) is 6.86. The van der Waals surface area contributed by atoms with E-state index >= 15 is 0 Å². The van der Waals surface area contributed by atoms with E-state index in [0.717, 1.165) is 0 Å². The SMILES string of the molecule is Cc1nc(NC(c2ccc(F)c(Cl)c2)c2ncc[nH]2)ccc1F. The van der Waals surface area contributed by atoms with Crippen LogP contribution in [0.1, 0.15) is 23.1 Å². The van der Waals surface area contributed by atoms with Crippen molar-refractivity contribution >= 4 is 17.4 Å². The number of nitrogens with one attached hydrogen (secondary N) is 2. The third kappa shape index (κ3) is 3.32. The first-order chi connectivity index (χ1) is 11.0. The maximum atomic E-state index is 13.4. The standard InChI is InChI=1S/C16H13ClF2N4/c1-9-12(18)4-5-14(22-9)23-15(16-20-6-7-21-16)10-2-3-13(19)11(17)8-10/h2-8,15H,1H3,(H,20,21)(H,22,23). The summed E-state index contributed by atoms with van der Waals surface area (Å²) in [4.78, 5) is 11.4. The van der Waals surface area contributed by atoms with E-state index in [2.05, 4.69) is 20.3 Å². The Morgan fingerprint density at radius 2 is 1.96 bits per heavy atom. The summed E-state index contributed by atoms with van der Waals surface area (Å²) in [6.07, 6.45) is 3.29. The van der Waals surface area contributed by atoms with Crippen LogP contribution in [0.3, 0.4) is 0 Å². The van der Waals surface area contributed by atoms with Gasteiger partial charge in [-0.15, -0.1) is 0 Å². The number of anilines is 1. The zero-order chi connectivity index (χ0) is 16.4. The highest BCUT2D eigenvalue weighted by Gasteiger charge is 2.18. The van der Waals surface area contributed by atoms with E-state index in [1.165, 1.54) is 24.3 Å². The molecule has 0 aliphatic heterocycles. The van der Waals surface area contributed by atoms with Crippen LogP contribution in [0.5, 0.6) is 0 Å². The Balaban J connectivity index is 1.99. The lowest BCUT2D eigenvalue weighted by Crippen LogP contribution is -2.15. The molecule has 2 heterocycles. The van der Waals surface area contributed by atoms with E-state index in [1.54, 1.807) is 25.4 Å². The molecule has 0 radical (unpaired) electrons. The second-order valence-corrected chi connectivity index (χ2v) is 5.40. The Labute approximate surface area is 136 Å². The molecule has 0 fully saturated rings. The van der Waals surface area contributed by atoms with Gasteiger partial charge in [-0.25, -0.2) is 18.7 Å². The molecular formula is C16H13ClF2N4. The molecule has 0 aliphatic carbocycles. The summed E-state index contributed by atoms with van der Waals surface area (Å²) in [5, 5.41) is 3.18. The maximum absolute atomic E-state index is 13.4. The number of halogens is 3. The minimum atomic E-state index is -0.496. The molecule has 3 rings (SSSR count). The van der Waals surface area contributed by atoms with Crippen LogP contribution >= 0.6 is 11.6 Å². The van der Waals surface area contributed by atoms with Crippen LogP contribution in [0.2, 0.25) is 5.02 Å². The van der Waals surface area contributed by atoms with E-state index in [1.807, 2.05) is 0 Å². The predicted octanol–water partition coefficient (Wildman–Crippen LogP) is 4.25. The molecule has 0 spiro atoms. The third-order valence-electron chi connectivity index (χ3n) is 3.38. The Hall–Kier alpha value is -2.47. The average molecular weight is 335 g/mol. The van der Waals surface area contributed by atoms with Gasteiger partial charge < -0.3 is 10.3 Å². The number of rotatable bonds is 4. The van der Waals surface area contributed by atoms with Crippen LogP contribution in [-0.4, -0.2) is 15.0 Å². The minimum absolute atomic E-state index is 0.0177. The van der Waals surface area contributed by atoms with Gasteiger partial charge in [0.05, 0.1) is 10.7 Å². The molecule has 4 nitrogen and oxygen atoms in total. The van der Waals surface area contributed by atoms with Crippen LogP contribution < -0.4 is 5.32 Å². The van der Waals surface area contributed by atoms with Crippen LogP contribution in [-0.2, 0) is 0 Å². The number of hydrogen-bond donors (Lipinski definition) is 2. The Morgan fingerprint density at radius 3 is 2.61 bits per heavy atom. The van der Waals surface area contributed by atoms with Crippen molar-refractivity contribution in [3.05, 3.63) is 76.5 Å². The molecule has 118 valence electrons. The molecule has 0 amide bonds. The van der Waals surface area contributed by atoms with E-state index < -0.39 is 11.9 Å². The smallest absolute Gasteiger partial charge is 0.144 e. The molecular weight excluding hydrogens is 322 g/mol. The molecule has 0 bridgehead atoms. The van der Waals surface area contributed by atoms with Crippen molar-refractivity contribution in [1.29, 1.82) is 0 Å². The van der Waals surface area contributed by atoms with E-state index in [9.17, 15) is 8.78 Å². The van der Waals surface area contributed by atoms with Crippen LogP contribution in [0.4, 0.5) is 14.6 Å². The average Bonchev–Trinajstić information content (AvgIpc) is 3.05. The molecule has 3 aromatic rings. The topological polar surface area (TPSA) is 53.6 Å². The quantitative estimate of drug-likeness (QED) is 0.750. The molecule has 2 aromatic heterocycles. The third-order valence-corrected chi connectivity index (χ3v) is 3.67. The lowest BCUT2D eigenvalue weighted by molar-refractivity contribution is 0.609. The molecule has 1 unspecified atom stereocenters. The van der Waals surface area contributed by atoms with E-state index in [-0.39, 0.29) is 16.5 Å². The van der Waals surface area contributed by atoms with Gasteiger partial charge in [0.2, 0.25) is 0 Å². The summed E-state index contributed by atoms with van der Waals surface area (Å²) in [5.74, 6) is 0.210. The summed E-state index contributed by atoms with van der Waals surface area (Å²) in [5.41, 5.74) is 0.987. The van der Waals surface area contributed by atoms with Crippen LogP contribution in [0, 0.1) is 18.6 Å². The maximum Gasteiger partial charge on any atom is 0.144 e. The normalized spacial score (nSPS) is 12.2. The predicted molar refractivity (Wildman–Crippen MR) is 84.4 cm³/mol. The fourth-order valence-electron chi connectivity index (χ4n) is 2.21. The van der Waals surface area contributed by atoms with Gasteiger partial charge in [0, 0.05) is 12.4 Å². The van der Waals surface area contributed by atoms with Crippen molar-refractivity contribution in [2.24, 2.45) is 0 Å². The number of aromatic amines is 1. The number of imidazole rings is 1. The first-order valence-electron chi connectivity index (χ1n) is 6.88. The van der Waals surface area contributed by atoms with Crippen LogP contribution in [0.25, 0.3) is 0 Å². The second kappa shape index (κ2) is 6.34. The Morgan fingerprint density at radius 1 is 1.17 bits per heavy atom. The second-order valence-electron chi connectivity index (χ2n) is 4.99. The van der Waals surface area contributed by atoms with Gasteiger partial charge in [-0.05, 0) is 36.8 Å².